The standard InChI is InChI=1S/C11H20FN3/c1-3-10-9(8-13)11(4-2)15(14-10)7-5-6-12/h3-8,13H2,1-2H3. The van der Waals surface area contributed by atoms with E-state index in [2.05, 4.69) is 18.9 Å². The summed E-state index contributed by atoms with van der Waals surface area (Å²) in [6.45, 7) is 5.05. The predicted molar refractivity (Wildman–Crippen MR) is 59.5 cm³/mol. The van der Waals surface area contributed by atoms with E-state index in [4.69, 9.17) is 5.73 Å². The Morgan fingerprint density at radius 3 is 2.53 bits per heavy atom. The first-order valence-corrected chi connectivity index (χ1v) is 5.61. The fourth-order valence-electron chi connectivity index (χ4n) is 1.90. The number of hydrogen-bond donors (Lipinski definition) is 1. The number of nitrogens with zero attached hydrogens (tertiary/aromatic N) is 2. The zero-order valence-corrected chi connectivity index (χ0v) is 9.59. The summed E-state index contributed by atoms with van der Waals surface area (Å²) in [6.07, 6.45) is 2.33. The predicted octanol–water partition coefficient (Wildman–Crippen LogP) is 1.83. The summed E-state index contributed by atoms with van der Waals surface area (Å²) < 4.78 is 14.0. The number of alkyl halides is 1. The molecule has 0 saturated carbocycles. The molecular formula is C11H20FN3. The van der Waals surface area contributed by atoms with Crippen LogP contribution in [0.15, 0.2) is 0 Å². The van der Waals surface area contributed by atoms with Gasteiger partial charge in [-0.25, -0.2) is 0 Å². The zero-order chi connectivity index (χ0) is 11.3. The molecule has 1 heterocycles. The summed E-state index contributed by atoms with van der Waals surface area (Å²) in [7, 11) is 0. The van der Waals surface area contributed by atoms with Crippen molar-refractivity contribution in [1.82, 2.24) is 9.78 Å². The van der Waals surface area contributed by atoms with Crippen LogP contribution < -0.4 is 5.73 Å². The Morgan fingerprint density at radius 1 is 1.33 bits per heavy atom. The fourth-order valence-corrected chi connectivity index (χ4v) is 1.90. The first-order chi connectivity index (χ1) is 7.28. The van der Waals surface area contributed by atoms with Gasteiger partial charge < -0.3 is 5.73 Å². The molecule has 3 nitrogen and oxygen atoms in total. The van der Waals surface area contributed by atoms with Crippen molar-refractivity contribution >= 4 is 0 Å². The van der Waals surface area contributed by atoms with Crippen LogP contribution in [0.4, 0.5) is 4.39 Å². The summed E-state index contributed by atoms with van der Waals surface area (Å²) in [5, 5.41) is 4.48. The van der Waals surface area contributed by atoms with Gasteiger partial charge >= 0.3 is 0 Å². The van der Waals surface area contributed by atoms with E-state index in [1.165, 1.54) is 5.69 Å². The van der Waals surface area contributed by atoms with Crippen LogP contribution in [0.3, 0.4) is 0 Å². The van der Waals surface area contributed by atoms with Gasteiger partial charge in [0.25, 0.3) is 0 Å². The van der Waals surface area contributed by atoms with Crippen molar-refractivity contribution in [3.05, 3.63) is 17.0 Å². The number of aromatic nitrogens is 2. The Balaban J connectivity index is 2.98. The lowest BCUT2D eigenvalue weighted by Crippen LogP contribution is -2.07. The van der Waals surface area contributed by atoms with E-state index < -0.39 is 0 Å². The normalized spacial score (nSPS) is 10.9. The highest BCUT2D eigenvalue weighted by molar-refractivity contribution is 5.26. The number of halogens is 1. The quantitative estimate of drug-likeness (QED) is 0.783. The van der Waals surface area contributed by atoms with E-state index in [1.807, 2.05) is 4.68 Å². The van der Waals surface area contributed by atoms with Crippen LogP contribution >= 0.6 is 0 Å². The SMILES string of the molecule is CCc1nn(CCCF)c(CC)c1CN. The molecule has 4 heteroatoms. The topological polar surface area (TPSA) is 43.8 Å². The molecule has 0 aliphatic heterocycles. The first kappa shape index (κ1) is 12.2. The molecule has 86 valence electrons. The minimum atomic E-state index is -0.289. The van der Waals surface area contributed by atoms with Crippen LogP contribution in [0.25, 0.3) is 0 Å². The van der Waals surface area contributed by atoms with Gasteiger partial charge in [0.15, 0.2) is 0 Å². The van der Waals surface area contributed by atoms with Crippen LogP contribution in [-0.2, 0) is 25.9 Å². The van der Waals surface area contributed by atoms with Crippen LogP contribution in [0, 0.1) is 0 Å². The van der Waals surface area contributed by atoms with Gasteiger partial charge in [0.2, 0.25) is 0 Å². The second-order valence-corrected chi connectivity index (χ2v) is 3.55. The number of nitrogens with two attached hydrogens (primary N) is 1. The molecule has 1 aromatic rings. The molecule has 0 unspecified atom stereocenters. The number of rotatable bonds is 6. The molecule has 1 aromatic heterocycles. The van der Waals surface area contributed by atoms with Gasteiger partial charge in [0.05, 0.1) is 12.4 Å². The lowest BCUT2D eigenvalue weighted by atomic mass is 10.1. The molecule has 0 aromatic carbocycles. The van der Waals surface area contributed by atoms with Gasteiger partial charge in [0.1, 0.15) is 0 Å². The highest BCUT2D eigenvalue weighted by Gasteiger charge is 2.13. The summed E-state index contributed by atoms with van der Waals surface area (Å²) in [4.78, 5) is 0. The highest BCUT2D eigenvalue weighted by Crippen LogP contribution is 2.16. The molecule has 1 rings (SSSR count). The second-order valence-electron chi connectivity index (χ2n) is 3.55. The van der Waals surface area contributed by atoms with Gasteiger partial charge in [0, 0.05) is 24.3 Å². The lowest BCUT2D eigenvalue weighted by Gasteiger charge is -2.05. The molecular weight excluding hydrogens is 193 g/mol. The summed E-state index contributed by atoms with van der Waals surface area (Å²) in [5.41, 5.74) is 9.10. The third kappa shape index (κ3) is 2.56. The minimum absolute atomic E-state index is 0.289. The minimum Gasteiger partial charge on any atom is -0.326 e. The van der Waals surface area contributed by atoms with Crippen LogP contribution in [-0.4, -0.2) is 16.5 Å². The summed E-state index contributed by atoms with van der Waals surface area (Å²) in [5.74, 6) is 0. The van der Waals surface area contributed by atoms with Crippen molar-refractivity contribution in [2.24, 2.45) is 5.73 Å². The van der Waals surface area contributed by atoms with Gasteiger partial charge in [-0.05, 0) is 19.3 Å². The third-order valence-corrected chi connectivity index (χ3v) is 2.63. The highest BCUT2D eigenvalue weighted by atomic mass is 19.1. The van der Waals surface area contributed by atoms with E-state index >= 15 is 0 Å². The second kappa shape index (κ2) is 5.85. The Kier molecular flexibility index (Phi) is 4.75. The molecule has 0 aliphatic carbocycles. The van der Waals surface area contributed by atoms with E-state index in [1.54, 1.807) is 0 Å². The van der Waals surface area contributed by atoms with Crippen molar-refractivity contribution in [3.63, 3.8) is 0 Å². The third-order valence-electron chi connectivity index (χ3n) is 2.63. The summed E-state index contributed by atoms with van der Waals surface area (Å²) in [6, 6.07) is 0. The Bertz CT molecular complexity index is 307. The first-order valence-electron chi connectivity index (χ1n) is 5.61. The maximum atomic E-state index is 12.1. The Hall–Kier alpha value is -0.900. The molecule has 0 bridgehead atoms. The molecule has 0 radical (unpaired) electrons. The van der Waals surface area contributed by atoms with E-state index in [0.717, 1.165) is 24.1 Å². The largest absolute Gasteiger partial charge is 0.326 e. The Labute approximate surface area is 90.5 Å². The van der Waals surface area contributed by atoms with Crippen LogP contribution in [0.5, 0.6) is 0 Å². The molecule has 15 heavy (non-hydrogen) atoms. The molecule has 0 fully saturated rings. The number of hydrogen-bond acceptors (Lipinski definition) is 2. The maximum absolute atomic E-state index is 12.1. The molecule has 2 N–H and O–H groups in total. The zero-order valence-electron chi connectivity index (χ0n) is 9.59. The van der Waals surface area contributed by atoms with Gasteiger partial charge in [-0.15, -0.1) is 0 Å². The monoisotopic (exact) mass is 213 g/mol. The molecule has 0 saturated heterocycles. The van der Waals surface area contributed by atoms with Gasteiger partial charge in [-0.1, -0.05) is 13.8 Å². The molecule has 0 spiro atoms. The maximum Gasteiger partial charge on any atom is 0.0912 e. The van der Waals surface area contributed by atoms with Crippen molar-refractivity contribution in [2.45, 2.75) is 46.2 Å². The average molecular weight is 213 g/mol. The van der Waals surface area contributed by atoms with Crippen LogP contribution in [0.2, 0.25) is 0 Å². The van der Waals surface area contributed by atoms with E-state index in [0.29, 0.717) is 19.5 Å². The van der Waals surface area contributed by atoms with Crippen LogP contribution in [0.1, 0.15) is 37.2 Å². The molecule has 0 amide bonds. The van der Waals surface area contributed by atoms with E-state index in [9.17, 15) is 4.39 Å². The fraction of sp³-hybridized carbons (Fsp3) is 0.727. The van der Waals surface area contributed by atoms with Gasteiger partial charge in [-0.3, -0.25) is 9.07 Å². The molecule has 0 atom stereocenters. The van der Waals surface area contributed by atoms with Crippen molar-refractivity contribution in [2.75, 3.05) is 6.67 Å². The number of aryl methyl sites for hydroxylation is 2. The summed E-state index contributed by atoms with van der Waals surface area (Å²) >= 11 is 0. The Morgan fingerprint density at radius 2 is 2.07 bits per heavy atom. The van der Waals surface area contributed by atoms with Crippen molar-refractivity contribution in [3.8, 4) is 0 Å². The average Bonchev–Trinajstić information content (AvgIpc) is 2.62. The smallest absolute Gasteiger partial charge is 0.0912 e. The lowest BCUT2D eigenvalue weighted by molar-refractivity contribution is 0.429. The van der Waals surface area contributed by atoms with Crippen molar-refractivity contribution in [1.29, 1.82) is 0 Å². The molecule has 0 aliphatic rings. The van der Waals surface area contributed by atoms with Crippen molar-refractivity contribution < 1.29 is 4.39 Å². The van der Waals surface area contributed by atoms with Gasteiger partial charge in [-0.2, -0.15) is 5.10 Å². The van der Waals surface area contributed by atoms with E-state index in [-0.39, 0.29) is 6.67 Å².